The molecule has 130 valence electrons. The molecule has 7 heteroatoms. The van der Waals surface area contributed by atoms with Crippen LogP contribution in [0.2, 0.25) is 0 Å². The zero-order valence-electron chi connectivity index (χ0n) is 13.5. The molecule has 25 heavy (non-hydrogen) atoms. The maximum absolute atomic E-state index is 12.8. The third-order valence-electron chi connectivity index (χ3n) is 3.16. The van der Waals surface area contributed by atoms with Gasteiger partial charge in [-0.15, -0.1) is 0 Å². The number of esters is 1. The standard InChI is InChI=1S/C18H17FN2O4/c1-12(22)25-16-4-2-3-14(11-16)18(24)21-10-9-20-17(23)13-5-7-15(19)8-6-13/h2-8,11H,9-10H2,1H3,(H,20,23)(H,21,24). The van der Waals surface area contributed by atoms with Crippen LogP contribution in [-0.2, 0) is 4.79 Å². The molecule has 0 aliphatic rings. The number of halogens is 1. The minimum absolute atomic E-state index is 0.212. The normalized spacial score (nSPS) is 10.0. The van der Waals surface area contributed by atoms with E-state index in [2.05, 4.69) is 10.6 Å². The van der Waals surface area contributed by atoms with Crippen molar-refractivity contribution in [1.82, 2.24) is 10.6 Å². The molecule has 0 aliphatic carbocycles. The molecule has 0 saturated carbocycles. The minimum Gasteiger partial charge on any atom is -0.427 e. The molecule has 0 heterocycles. The molecule has 0 fully saturated rings. The summed E-state index contributed by atoms with van der Waals surface area (Å²) >= 11 is 0. The highest BCUT2D eigenvalue weighted by Crippen LogP contribution is 2.13. The predicted octanol–water partition coefficient (Wildman–Crippen LogP) is 1.91. The summed E-state index contributed by atoms with van der Waals surface area (Å²) in [6, 6.07) is 11.4. The van der Waals surface area contributed by atoms with Crippen LogP contribution >= 0.6 is 0 Å². The van der Waals surface area contributed by atoms with E-state index in [-0.39, 0.29) is 30.7 Å². The highest BCUT2D eigenvalue weighted by atomic mass is 19.1. The zero-order valence-corrected chi connectivity index (χ0v) is 13.5. The number of amides is 2. The average Bonchev–Trinajstić information content (AvgIpc) is 2.58. The van der Waals surface area contributed by atoms with Gasteiger partial charge in [-0.25, -0.2) is 4.39 Å². The molecule has 2 N–H and O–H groups in total. The van der Waals surface area contributed by atoms with E-state index in [0.29, 0.717) is 11.1 Å². The summed E-state index contributed by atoms with van der Waals surface area (Å²) in [7, 11) is 0. The van der Waals surface area contributed by atoms with Crippen LogP contribution in [-0.4, -0.2) is 30.9 Å². The van der Waals surface area contributed by atoms with Gasteiger partial charge in [0.05, 0.1) is 0 Å². The Labute approximate surface area is 144 Å². The van der Waals surface area contributed by atoms with Crippen molar-refractivity contribution >= 4 is 17.8 Å². The van der Waals surface area contributed by atoms with Crippen LogP contribution < -0.4 is 15.4 Å². The summed E-state index contributed by atoms with van der Waals surface area (Å²) in [6.07, 6.45) is 0. The maximum Gasteiger partial charge on any atom is 0.308 e. The Morgan fingerprint density at radius 3 is 2.12 bits per heavy atom. The van der Waals surface area contributed by atoms with Crippen molar-refractivity contribution in [2.45, 2.75) is 6.92 Å². The quantitative estimate of drug-likeness (QED) is 0.476. The highest BCUT2D eigenvalue weighted by molar-refractivity contribution is 5.95. The molecule has 0 aromatic heterocycles. The second-order valence-corrected chi connectivity index (χ2v) is 5.14. The Morgan fingerprint density at radius 1 is 0.920 bits per heavy atom. The zero-order chi connectivity index (χ0) is 18.2. The fourth-order valence-corrected chi connectivity index (χ4v) is 2.02. The summed E-state index contributed by atoms with van der Waals surface area (Å²) in [5.74, 6) is -1.32. The van der Waals surface area contributed by atoms with Crippen LogP contribution in [0.4, 0.5) is 4.39 Å². The van der Waals surface area contributed by atoms with E-state index in [4.69, 9.17) is 4.74 Å². The molecular weight excluding hydrogens is 327 g/mol. The van der Waals surface area contributed by atoms with E-state index in [0.717, 1.165) is 0 Å². The number of nitrogens with one attached hydrogen (secondary N) is 2. The van der Waals surface area contributed by atoms with Crippen molar-refractivity contribution < 1.29 is 23.5 Å². The van der Waals surface area contributed by atoms with Crippen molar-refractivity contribution in [1.29, 1.82) is 0 Å². The fraction of sp³-hybridized carbons (Fsp3) is 0.167. The molecular formula is C18H17FN2O4. The van der Waals surface area contributed by atoms with E-state index in [9.17, 15) is 18.8 Å². The van der Waals surface area contributed by atoms with Gasteiger partial charge in [0.2, 0.25) is 0 Å². The molecule has 0 atom stereocenters. The summed E-state index contributed by atoms with van der Waals surface area (Å²) in [5, 5.41) is 5.26. The lowest BCUT2D eigenvalue weighted by Crippen LogP contribution is -2.34. The first-order chi connectivity index (χ1) is 12.0. The molecule has 2 aromatic rings. The van der Waals surface area contributed by atoms with Crippen LogP contribution in [0.15, 0.2) is 48.5 Å². The lowest BCUT2D eigenvalue weighted by atomic mass is 10.2. The van der Waals surface area contributed by atoms with Crippen molar-refractivity contribution in [3.8, 4) is 5.75 Å². The maximum atomic E-state index is 12.8. The second kappa shape index (κ2) is 8.58. The molecule has 6 nitrogen and oxygen atoms in total. The van der Waals surface area contributed by atoms with Gasteiger partial charge < -0.3 is 15.4 Å². The second-order valence-electron chi connectivity index (χ2n) is 5.14. The first kappa shape index (κ1) is 18.1. The van der Waals surface area contributed by atoms with Gasteiger partial charge in [0.15, 0.2) is 0 Å². The van der Waals surface area contributed by atoms with E-state index in [1.165, 1.54) is 37.3 Å². The van der Waals surface area contributed by atoms with Gasteiger partial charge in [-0.3, -0.25) is 14.4 Å². The van der Waals surface area contributed by atoms with Gasteiger partial charge in [-0.05, 0) is 42.5 Å². The van der Waals surface area contributed by atoms with Gasteiger partial charge in [-0.1, -0.05) is 6.07 Å². The van der Waals surface area contributed by atoms with Crippen LogP contribution in [0.25, 0.3) is 0 Å². The van der Waals surface area contributed by atoms with Crippen molar-refractivity contribution in [3.05, 3.63) is 65.5 Å². The predicted molar refractivity (Wildman–Crippen MR) is 88.8 cm³/mol. The van der Waals surface area contributed by atoms with E-state index in [1.54, 1.807) is 18.2 Å². The minimum atomic E-state index is -0.471. The lowest BCUT2D eigenvalue weighted by molar-refractivity contribution is -0.131. The number of hydrogen-bond acceptors (Lipinski definition) is 4. The van der Waals surface area contributed by atoms with Gasteiger partial charge in [0.25, 0.3) is 11.8 Å². The molecule has 0 saturated heterocycles. The summed E-state index contributed by atoms with van der Waals surface area (Å²) in [6.45, 7) is 1.70. The van der Waals surface area contributed by atoms with Crippen LogP contribution in [0, 0.1) is 5.82 Å². The number of hydrogen-bond donors (Lipinski definition) is 2. The van der Waals surface area contributed by atoms with Crippen molar-refractivity contribution in [2.75, 3.05) is 13.1 Å². The first-order valence-electron chi connectivity index (χ1n) is 7.56. The Kier molecular flexibility index (Phi) is 6.22. The van der Waals surface area contributed by atoms with E-state index < -0.39 is 11.8 Å². The van der Waals surface area contributed by atoms with Gasteiger partial charge in [0, 0.05) is 31.1 Å². The summed E-state index contributed by atoms with van der Waals surface area (Å²) in [4.78, 5) is 34.8. The third-order valence-corrected chi connectivity index (χ3v) is 3.16. The van der Waals surface area contributed by atoms with E-state index in [1.807, 2.05) is 0 Å². The van der Waals surface area contributed by atoms with E-state index >= 15 is 0 Å². The third kappa shape index (κ3) is 5.72. The van der Waals surface area contributed by atoms with Crippen LogP contribution in [0.1, 0.15) is 27.6 Å². The molecule has 0 spiro atoms. The number of carbonyl (C=O) groups is 3. The first-order valence-corrected chi connectivity index (χ1v) is 7.56. The fourth-order valence-electron chi connectivity index (χ4n) is 2.02. The van der Waals surface area contributed by atoms with Gasteiger partial charge in [0.1, 0.15) is 11.6 Å². The van der Waals surface area contributed by atoms with Crippen molar-refractivity contribution in [3.63, 3.8) is 0 Å². The Morgan fingerprint density at radius 2 is 1.52 bits per heavy atom. The summed E-state index contributed by atoms with van der Waals surface area (Å²) in [5.41, 5.74) is 0.672. The Bertz CT molecular complexity index is 775. The molecule has 0 aliphatic heterocycles. The molecule has 2 amide bonds. The smallest absolute Gasteiger partial charge is 0.308 e. The Balaban J connectivity index is 1.79. The topological polar surface area (TPSA) is 84.5 Å². The molecule has 0 radical (unpaired) electrons. The van der Waals surface area contributed by atoms with Crippen LogP contribution in [0.3, 0.4) is 0 Å². The molecule has 0 bridgehead atoms. The lowest BCUT2D eigenvalue weighted by Gasteiger charge is -2.08. The molecule has 0 unspecified atom stereocenters. The number of ether oxygens (including phenoxy) is 1. The summed E-state index contributed by atoms with van der Waals surface area (Å²) < 4.78 is 17.7. The number of carbonyl (C=O) groups excluding carboxylic acids is 3. The SMILES string of the molecule is CC(=O)Oc1cccc(C(=O)NCCNC(=O)c2ccc(F)cc2)c1. The monoisotopic (exact) mass is 344 g/mol. The molecule has 2 rings (SSSR count). The highest BCUT2D eigenvalue weighted by Gasteiger charge is 2.08. The van der Waals surface area contributed by atoms with Gasteiger partial charge in [-0.2, -0.15) is 0 Å². The van der Waals surface area contributed by atoms with Crippen LogP contribution in [0.5, 0.6) is 5.75 Å². The number of benzene rings is 2. The number of rotatable bonds is 6. The average molecular weight is 344 g/mol. The van der Waals surface area contributed by atoms with Gasteiger partial charge >= 0.3 is 5.97 Å². The largest absolute Gasteiger partial charge is 0.427 e. The Hall–Kier alpha value is -3.22. The van der Waals surface area contributed by atoms with Crippen molar-refractivity contribution in [2.24, 2.45) is 0 Å². The molecule has 2 aromatic carbocycles.